The standard InChI is InChI=1S/C12H16N4O3/c1-8-10(19-12-14-7-15-16(8)12)11(17)13-6-9-2-4-18-5-3-9/h7,9H,2-6H2,1H3,(H,13,17). The highest BCUT2D eigenvalue weighted by Gasteiger charge is 2.21. The molecule has 1 amide bonds. The molecule has 7 nitrogen and oxygen atoms in total. The molecule has 0 saturated carbocycles. The third kappa shape index (κ3) is 2.33. The molecule has 0 bridgehead atoms. The van der Waals surface area contributed by atoms with E-state index in [2.05, 4.69) is 15.4 Å². The largest absolute Gasteiger partial charge is 0.416 e. The first-order chi connectivity index (χ1) is 9.25. The minimum atomic E-state index is -0.212. The monoisotopic (exact) mass is 264 g/mol. The van der Waals surface area contributed by atoms with Crippen LogP contribution in [0, 0.1) is 12.8 Å². The van der Waals surface area contributed by atoms with Gasteiger partial charge in [0, 0.05) is 19.8 Å². The van der Waals surface area contributed by atoms with E-state index in [1.807, 2.05) is 0 Å². The number of fused-ring (bicyclic) bond motifs is 1. The summed E-state index contributed by atoms with van der Waals surface area (Å²) in [6, 6.07) is 0. The molecule has 102 valence electrons. The van der Waals surface area contributed by atoms with Crippen LogP contribution < -0.4 is 5.32 Å². The number of oxazole rings is 1. The average Bonchev–Trinajstić information content (AvgIpc) is 3.01. The van der Waals surface area contributed by atoms with Crippen LogP contribution in [0.4, 0.5) is 0 Å². The normalized spacial score (nSPS) is 16.9. The molecule has 0 aliphatic carbocycles. The lowest BCUT2D eigenvalue weighted by molar-refractivity contribution is 0.0639. The summed E-state index contributed by atoms with van der Waals surface area (Å²) < 4.78 is 12.2. The van der Waals surface area contributed by atoms with Crippen LogP contribution in [0.2, 0.25) is 0 Å². The number of nitrogens with one attached hydrogen (secondary N) is 1. The van der Waals surface area contributed by atoms with Gasteiger partial charge in [0.15, 0.2) is 0 Å². The summed E-state index contributed by atoms with van der Waals surface area (Å²) in [5.41, 5.74) is 0.664. The van der Waals surface area contributed by atoms with E-state index >= 15 is 0 Å². The van der Waals surface area contributed by atoms with Crippen LogP contribution in [0.1, 0.15) is 29.1 Å². The summed E-state index contributed by atoms with van der Waals surface area (Å²) in [7, 11) is 0. The van der Waals surface area contributed by atoms with E-state index in [1.54, 1.807) is 6.92 Å². The smallest absolute Gasteiger partial charge is 0.325 e. The molecule has 3 rings (SSSR count). The van der Waals surface area contributed by atoms with Crippen molar-refractivity contribution in [2.24, 2.45) is 5.92 Å². The average molecular weight is 264 g/mol. The number of nitrogens with zero attached hydrogens (tertiary/aromatic N) is 3. The lowest BCUT2D eigenvalue weighted by Crippen LogP contribution is -2.32. The van der Waals surface area contributed by atoms with Gasteiger partial charge in [-0.1, -0.05) is 0 Å². The number of amides is 1. The third-order valence-corrected chi connectivity index (χ3v) is 3.45. The van der Waals surface area contributed by atoms with Crippen molar-refractivity contribution in [1.29, 1.82) is 0 Å². The summed E-state index contributed by atoms with van der Waals surface area (Å²) in [6.07, 6.45) is 3.38. The van der Waals surface area contributed by atoms with E-state index in [0.717, 1.165) is 26.1 Å². The van der Waals surface area contributed by atoms with Crippen LogP contribution in [0.25, 0.3) is 5.84 Å². The zero-order valence-corrected chi connectivity index (χ0v) is 10.8. The molecule has 7 heteroatoms. The van der Waals surface area contributed by atoms with Gasteiger partial charge in [0.25, 0.3) is 5.91 Å². The highest BCUT2D eigenvalue weighted by Crippen LogP contribution is 2.15. The highest BCUT2D eigenvalue weighted by atomic mass is 16.5. The van der Waals surface area contributed by atoms with E-state index in [-0.39, 0.29) is 11.7 Å². The Kier molecular flexibility index (Phi) is 3.20. The fraction of sp³-hybridized carbons (Fsp3) is 0.583. The Morgan fingerprint density at radius 2 is 2.32 bits per heavy atom. The van der Waals surface area contributed by atoms with Crippen LogP contribution in [-0.4, -0.2) is 40.3 Å². The maximum absolute atomic E-state index is 12.1. The lowest BCUT2D eigenvalue weighted by atomic mass is 10.0. The molecule has 1 fully saturated rings. The van der Waals surface area contributed by atoms with Gasteiger partial charge in [-0.25, -0.2) is 0 Å². The van der Waals surface area contributed by atoms with Crippen molar-refractivity contribution in [3.8, 4) is 0 Å². The van der Waals surface area contributed by atoms with Gasteiger partial charge in [-0.3, -0.25) is 4.79 Å². The van der Waals surface area contributed by atoms with Gasteiger partial charge in [0.05, 0.1) is 5.69 Å². The van der Waals surface area contributed by atoms with Gasteiger partial charge in [-0.15, -0.1) is 0 Å². The van der Waals surface area contributed by atoms with Crippen molar-refractivity contribution in [3.05, 3.63) is 17.8 Å². The molecule has 1 saturated heterocycles. The third-order valence-electron chi connectivity index (χ3n) is 3.45. The number of hydrogen-bond acceptors (Lipinski definition) is 5. The molecule has 1 aliphatic rings. The Balaban J connectivity index is 1.66. The molecule has 3 heterocycles. The van der Waals surface area contributed by atoms with E-state index in [9.17, 15) is 4.79 Å². The fourth-order valence-electron chi connectivity index (χ4n) is 2.27. The summed E-state index contributed by atoms with van der Waals surface area (Å²) in [5, 5.41) is 6.89. The van der Waals surface area contributed by atoms with E-state index in [4.69, 9.17) is 9.15 Å². The quantitative estimate of drug-likeness (QED) is 0.886. The number of aryl methyl sites for hydroxylation is 1. The molecule has 1 N–H and O–H groups in total. The second-order valence-electron chi connectivity index (χ2n) is 4.74. The first-order valence-corrected chi connectivity index (χ1v) is 6.41. The zero-order chi connectivity index (χ0) is 13.2. The fourth-order valence-corrected chi connectivity index (χ4v) is 2.27. The van der Waals surface area contributed by atoms with Crippen LogP contribution in [0.3, 0.4) is 0 Å². The Morgan fingerprint density at radius 1 is 1.53 bits per heavy atom. The highest BCUT2D eigenvalue weighted by molar-refractivity contribution is 5.92. The molecule has 0 atom stereocenters. The van der Waals surface area contributed by atoms with Crippen molar-refractivity contribution in [2.75, 3.05) is 19.8 Å². The second-order valence-corrected chi connectivity index (χ2v) is 4.74. The van der Waals surface area contributed by atoms with Crippen LogP contribution in [0.5, 0.6) is 0 Å². The van der Waals surface area contributed by atoms with Gasteiger partial charge in [0.1, 0.15) is 6.33 Å². The first-order valence-electron chi connectivity index (χ1n) is 6.41. The summed E-state index contributed by atoms with van der Waals surface area (Å²) in [4.78, 5) is 16.0. The number of carbonyl (C=O) groups is 1. The Bertz CT molecular complexity index is 583. The van der Waals surface area contributed by atoms with E-state index < -0.39 is 0 Å². The maximum atomic E-state index is 12.1. The van der Waals surface area contributed by atoms with Crippen molar-refractivity contribution in [1.82, 2.24) is 19.9 Å². The minimum Gasteiger partial charge on any atom is -0.416 e. The van der Waals surface area contributed by atoms with Crippen LogP contribution in [-0.2, 0) is 4.74 Å². The SMILES string of the molecule is Cc1c(C(=O)NCC2CCOCC2)oc2ncnn12. The summed E-state index contributed by atoms with van der Waals surface area (Å²) >= 11 is 0. The molecule has 0 spiro atoms. The minimum absolute atomic E-state index is 0.212. The lowest BCUT2D eigenvalue weighted by Gasteiger charge is -2.21. The topological polar surface area (TPSA) is 81.7 Å². The van der Waals surface area contributed by atoms with Crippen molar-refractivity contribution in [3.63, 3.8) is 0 Å². The Morgan fingerprint density at radius 3 is 3.05 bits per heavy atom. The van der Waals surface area contributed by atoms with Gasteiger partial charge in [-0.2, -0.15) is 14.6 Å². The molecule has 0 unspecified atom stereocenters. The molecule has 1 aliphatic heterocycles. The molecular weight excluding hydrogens is 248 g/mol. The van der Waals surface area contributed by atoms with Gasteiger partial charge in [0.2, 0.25) is 5.76 Å². The molecule has 0 aromatic carbocycles. The van der Waals surface area contributed by atoms with Crippen molar-refractivity contribution in [2.45, 2.75) is 19.8 Å². The van der Waals surface area contributed by atoms with Crippen molar-refractivity contribution < 1.29 is 13.9 Å². The number of ether oxygens (including phenoxy) is 1. The maximum Gasteiger partial charge on any atom is 0.325 e. The number of rotatable bonds is 3. The number of aromatic nitrogens is 3. The predicted octanol–water partition coefficient (Wildman–Crippen LogP) is 0.787. The summed E-state index contributed by atoms with van der Waals surface area (Å²) in [6.45, 7) is 3.99. The van der Waals surface area contributed by atoms with Gasteiger partial charge < -0.3 is 14.5 Å². The molecular formula is C12H16N4O3. The molecule has 2 aromatic heterocycles. The first kappa shape index (κ1) is 12.2. The van der Waals surface area contributed by atoms with Crippen LogP contribution >= 0.6 is 0 Å². The Hall–Kier alpha value is -1.89. The predicted molar refractivity (Wildman–Crippen MR) is 65.9 cm³/mol. The van der Waals surface area contributed by atoms with E-state index in [0.29, 0.717) is 24.0 Å². The van der Waals surface area contributed by atoms with Crippen molar-refractivity contribution >= 4 is 11.8 Å². The molecule has 0 radical (unpaired) electrons. The second kappa shape index (κ2) is 5.00. The molecule has 19 heavy (non-hydrogen) atoms. The number of hydrogen-bond donors (Lipinski definition) is 1. The van der Waals surface area contributed by atoms with E-state index in [1.165, 1.54) is 10.8 Å². The summed E-state index contributed by atoms with van der Waals surface area (Å²) in [5.74, 6) is 0.892. The van der Waals surface area contributed by atoms with Gasteiger partial charge in [-0.05, 0) is 25.7 Å². The van der Waals surface area contributed by atoms with Gasteiger partial charge >= 0.3 is 5.84 Å². The zero-order valence-electron chi connectivity index (χ0n) is 10.8. The molecule has 2 aromatic rings. The number of carbonyl (C=O) groups excluding carboxylic acids is 1. The van der Waals surface area contributed by atoms with Crippen LogP contribution in [0.15, 0.2) is 10.7 Å². The Labute approximate surface area is 109 Å².